The van der Waals surface area contributed by atoms with Gasteiger partial charge in [-0.25, -0.2) is 4.39 Å². The van der Waals surface area contributed by atoms with E-state index in [0.717, 1.165) is 23.5 Å². The second kappa shape index (κ2) is 5.63. The summed E-state index contributed by atoms with van der Waals surface area (Å²) in [7, 11) is 0. The van der Waals surface area contributed by atoms with Crippen LogP contribution >= 0.6 is 22.9 Å². The summed E-state index contributed by atoms with van der Waals surface area (Å²) in [4.78, 5) is 2.32. The molecule has 0 aliphatic rings. The summed E-state index contributed by atoms with van der Waals surface area (Å²) in [6, 6.07) is 8.60. The quantitative estimate of drug-likeness (QED) is 0.872. The van der Waals surface area contributed by atoms with Crippen LogP contribution in [0.4, 0.5) is 4.39 Å². The zero-order valence-electron chi connectivity index (χ0n) is 9.47. The highest BCUT2D eigenvalue weighted by Gasteiger charge is 2.07. The number of nitrogens with one attached hydrogen (secondary N) is 1. The lowest BCUT2D eigenvalue weighted by Gasteiger charge is -2.01. The fourth-order valence-corrected chi connectivity index (χ4v) is 2.90. The summed E-state index contributed by atoms with van der Waals surface area (Å²) in [6.45, 7) is 3.88. The molecule has 2 aromatic rings. The van der Waals surface area contributed by atoms with E-state index in [2.05, 4.69) is 18.3 Å². The fourth-order valence-electron chi connectivity index (χ4n) is 1.56. The van der Waals surface area contributed by atoms with E-state index in [1.807, 2.05) is 6.07 Å². The van der Waals surface area contributed by atoms with E-state index < -0.39 is 0 Å². The van der Waals surface area contributed by atoms with Crippen LogP contribution in [0.5, 0.6) is 0 Å². The van der Waals surface area contributed by atoms with Crippen molar-refractivity contribution in [1.29, 1.82) is 0 Å². The molecule has 1 N–H and O–H groups in total. The van der Waals surface area contributed by atoms with Crippen molar-refractivity contribution in [2.75, 3.05) is 6.54 Å². The first-order valence-corrected chi connectivity index (χ1v) is 6.65. The van der Waals surface area contributed by atoms with E-state index in [4.69, 9.17) is 11.6 Å². The van der Waals surface area contributed by atoms with Gasteiger partial charge in [0.1, 0.15) is 5.82 Å². The van der Waals surface area contributed by atoms with E-state index in [9.17, 15) is 4.39 Å². The molecule has 0 atom stereocenters. The Morgan fingerprint density at radius 2 is 2.12 bits per heavy atom. The Kier molecular flexibility index (Phi) is 4.15. The molecule has 0 bridgehead atoms. The second-order valence-corrected chi connectivity index (χ2v) is 5.25. The molecule has 0 radical (unpaired) electrons. The van der Waals surface area contributed by atoms with E-state index in [0.29, 0.717) is 5.02 Å². The molecule has 0 unspecified atom stereocenters. The van der Waals surface area contributed by atoms with Crippen molar-refractivity contribution in [3.8, 4) is 10.4 Å². The van der Waals surface area contributed by atoms with Crippen molar-refractivity contribution in [3.63, 3.8) is 0 Å². The van der Waals surface area contributed by atoms with Crippen molar-refractivity contribution in [2.45, 2.75) is 13.5 Å². The molecular weight excluding hydrogens is 257 g/mol. The topological polar surface area (TPSA) is 12.0 Å². The molecule has 0 amide bonds. The summed E-state index contributed by atoms with van der Waals surface area (Å²) in [5.74, 6) is -0.303. The Bertz CT molecular complexity index is 510. The van der Waals surface area contributed by atoms with Crippen molar-refractivity contribution >= 4 is 22.9 Å². The van der Waals surface area contributed by atoms with Crippen molar-refractivity contribution in [2.24, 2.45) is 0 Å². The van der Waals surface area contributed by atoms with Gasteiger partial charge in [0.05, 0.1) is 5.02 Å². The number of hydrogen-bond donors (Lipinski definition) is 1. The van der Waals surface area contributed by atoms with Gasteiger partial charge in [0.25, 0.3) is 0 Å². The van der Waals surface area contributed by atoms with E-state index >= 15 is 0 Å². The third-order valence-electron chi connectivity index (χ3n) is 2.41. The van der Waals surface area contributed by atoms with Crippen molar-refractivity contribution < 1.29 is 4.39 Å². The molecule has 1 nitrogen and oxygen atoms in total. The average molecular weight is 270 g/mol. The van der Waals surface area contributed by atoms with Crippen LogP contribution in [0.1, 0.15) is 11.8 Å². The van der Waals surface area contributed by atoms with E-state index in [1.165, 1.54) is 17.0 Å². The van der Waals surface area contributed by atoms with Gasteiger partial charge in [0.15, 0.2) is 0 Å². The van der Waals surface area contributed by atoms with Crippen LogP contribution in [0.15, 0.2) is 30.3 Å². The average Bonchev–Trinajstić information content (AvgIpc) is 2.75. The minimum absolute atomic E-state index is 0.303. The standard InChI is InChI=1S/C13H13ClFNS/c1-2-16-8-10-4-6-13(17-10)11-5-3-9(15)7-12(11)14/h3-7,16H,2,8H2,1H3. The van der Waals surface area contributed by atoms with Crippen molar-refractivity contribution in [1.82, 2.24) is 5.32 Å². The van der Waals surface area contributed by atoms with Crippen LogP contribution < -0.4 is 5.32 Å². The van der Waals surface area contributed by atoms with Gasteiger partial charge in [-0.15, -0.1) is 11.3 Å². The first-order chi connectivity index (χ1) is 8.20. The van der Waals surface area contributed by atoms with E-state index in [1.54, 1.807) is 17.4 Å². The van der Waals surface area contributed by atoms with Gasteiger partial charge in [-0.2, -0.15) is 0 Å². The first-order valence-electron chi connectivity index (χ1n) is 5.45. The zero-order chi connectivity index (χ0) is 12.3. The molecule has 0 spiro atoms. The molecule has 4 heteroatoms. The number of hydrogen-bond acceptors (Lipinski definition) is 2. The predicted octanol–water partition coefficient (Wildman–Crippen LogP) is 4.32. The Morgan fingerprint density at radius 1 is 1.29 bits per heavy atom. The fraction of sp³-hybridized carbons (Fsp3) is 0.231. The van der Waals surface area contributed by atoms with Crippen LogP contribution in [0.2, 0.25) is 5.02 Å². The van der Waals surface area contributed by atoms with Gasteiger partial charge in [0.2, 0.25) is 0 Å². The number of halogens is 2. The number of benzene rings is 1. The van der Waals surface area contributed by atoms with E-state index in [-0.39, 0.29) is 5.82 Å². The van der Waals surface area contributed by atoms with Gasteiger partial charge in [-0.3, -0.25) is 0 Å². The van der Waals surface area contributed by atoms with Crippen molar-refractivity contribution in [3.05, 3.63) is 46.0 Å². The normalized spacial score (nSPS) is 10.8. The molecule has 17 heavy (non-hydrogen) atoms. The number of thiophene rings is 1. The minimum Gasteiger partial charge on any atom is -0.312 e. The maximum atomic E-state index is 12.9. The third kappa shape index (κ3) is 3.06. The SMILES string of the molecule is CCNCc1ccc(-c2ccc(F)cc2Cl)s1. The Morgan fingerprint density at radius 3 is 2.82 bits per heavy atom. The molecule has 2 rings (SSSR count). The molecule has 0 saturated carbocycles. The highest BCUT2D eigenvalue weighted by molar-refractivity contribution is 7.15. The maximum Gasteiger partial charge on any atom is 0.124 e. The molecule has 0 aliphatic carbocycles. The first kappa shape index (κ1) is 12.6. The molecule has 1 aromatic heterocycles. The highest BCUT2D eigenvalue weighted by atomic mass is 35.5. The van der Waals surface area contributed by atoms with Crippen LogP contribution in [0, 0.1) is 5.82 Å². The molecule has 0 saturated heterocycles. The Hall–Kier alpha value is -0.900. The Balaban J connectivity index is 2.24. The molecule has 1 aromatic carbocycles. The smallest absolute Gasteiger partial charge is 0.124 e. The minimum atomic E-state index is -0.303. The lowest BCUT2D eigenvalue weighted by atomic mass is 10.2. The van der Waals surface area contributed by atoms with Gasteiger partial charge < -0.3 is 5.32 Å². The molecule has 90 valence electrons. The second-order valence-electron chi connectivity index (χ2n) is 3.67. The molecule has 0 fully saturated rings. The summed E-state index contributed by atoms with van der Waals surface area (Å²) in [6.07, 6.45) is 0. The van der Waals surface area contributed by atoms with Gasteiger partial charge >= 0.3 is 0 Å². The van der Waals surface area contributed by atoms with Gasteiger partial charge in [0, 0.05) is 21.9 Å². The summed E-state index contributed by atoms with van der Waals surface area (Å²) >= 11 is 7.71. The largest absolute Gasteiger partial charge is 0.312 e. The van der Waals surface area contributed by atoms with Crippen LogP contribution in [-0.2, 0) is 6.54 Å². The third-order valence-corrected chi connectivity index (χ3v) is 3.84. The maximum absolute atomic E-state index is 12.9. The lowest BCUT2D eigenvalue weighted by Crippen LogP contribution is -2.10. The molecular formula is C13H13ClFNS. The number of rotatable bonds is 4. The summed E-state index contributed by atoms with van der Waals surface area (Å²) < 4.78 is 12.9. The zero-order valence-corrected chi connectivity index (χ0v) is 11.0. The Labute approximate surface area is 109 Å². The van der Waals surface area contributed by atoms with Gasteiger partial charge in [-0.05, 0) is 36.9 Å². The molecule has 0 aliphatic heterocycles. The summed E-state index contributed by atoms with van der Waals surface area (Å²) in [5, 5.41) is 3.73. The monoisotopic (exact) mass is 269 g/mol. The van der Waals surface area contributed by atoms with Gasteiger partial charge in [-0.1, -0.05) is 18.5 Å². The van der Waals surface area contributed by atoms with Crippen LogP contribution in [0.25, 0.3) is 10.4 Å². The highest BCUT2D eigenvalue weighted by Crippen LogP contribution is 2.33. The molecule has 1 heterocycles. The lowest BCUT2D eigenvalue weighted by molar-refractivity contribution is 0.628. The van der Waals surface area contributed by atoms with Crippen LogP contribution in [0.3, 0.4) is 0 Å². The predicted molar refractivity (Wildman–Crippen MR) is 72.1 cm³/mol. The summed E-state index contributed by atoms with van der Waals surface area (Å²) in [5.41, 5.74) is 0.890. The van der Waals surface area contributed by atoms with Crippen LogP contribution in [-0.4, -0.2) is 6.54 Å².